The Morgan fingerprint density at radius 3 is 1.76 bits per heavy atom. The first-order valence-electron chi connectivity index (χ1n) is 19.3. The minimum absolute atomic E-state index is 0.0751. The predicted molar refractivity (Wildman–Crippen MR) is 189 cm³/mol. The van der Waals surface area contributed by atoms with Crippen molar-refractivity contribution in [3.8, 4) is 16.9 Å². The summed E-state index contributed by atoms with van der Waals surface area (Å²) in [5.74, 6) is -4.57. The van der Waals surface area contributed by atoms with Crippen molar-refractivity contribution in [2.45, 2.75) is 141 Å². The Bertz CT molecular complexity index is 1520. The average Bonchev–Trinajstić information content (AvgIpc) is 3.09. The van der Waals surface area contributed by atoms with Gasteiger partial charge in [0.05, 0.1) is 0 Å². The lowest BCUT2D eigenvalue weighted by molar-refractivity contribution is -0.189. The van der Waals surface area contributed by atoms with Crippen LogP contribution in [0.3, 0.4) is 0 Å². The lowest BCUT2D eigenvalue weighted by Gasteiger charge is -2.38. The van der Waals surface area contributed by atoms with Crippen LogP contribution in [0.15, 0.2) is 42.5 Å². The second kappa shape index (κ2) is 18.1. The number of rotatable bonds is 16. The first-order chi connectivity index (χ1) is 24.5. The molecule has 0 heterocycles. The molecule has 8 heteroatoms. The molecule has 0 atom stereocenters. The summed E-state index contributed by atoms with van der Waals surface area (Å²) in [7, 11) is 0. The highest BCUT2D eigenvalue weighted by Gasteiger charge is 2.42. The second-order valence-corrected chi connectivity index (χ2v) is 15.1. The molecule has 280 valence electrons. The summed E-state index contributed by atoms with van der Waals surface area (Å²) >= 11 is 0. The van der Waals surface area contributed by atoms with Crippen LogP contribution in [0.1, 0.15) is 146 Å². The zero-order valence-corrected chi connectivity index (χ0v) is 30.1. The molecule has 3 aromatic rings. The minimum Gasteiger partial charge on any atom is -0.429 e. The van der Waals surface area contributed by atoms with E-state index < -0.39 is 46.5 Å². The summed E-state index contributed by atoms with van der Waals surface area (Å²) in [6.45, 7) is 4.17. The molecule has 0 saturated heterocycles. The minimum atomic E-state index is -4.61. The van der Waals surface area contributed by atoms with Gasteiger partial charge in [-0.3, -0.25) is 0 Å². The van der Waals surface area contributed by atoms with Gasteiger partial charge in [-0.15, -0.1) is 0 Å². The third kappa shape index (κ3) is 10.1. The molecule has 1 nitrogen and oxygen atoms in total. The number of ether oxygens (including phenoxy) is 1. The Balaban J connectivity index is 1.18. The first kappa shape index (κ1) is 39.2. The van der Waals surface area contributed by atoms with Crippen molar-refractivity contribution in [1.29, 1.82) is 0 Å². The lowest BCUT2D eigenvalue weighted by atomic mass is 9.68. The van der Waals surface area contributed by atoms with Gasteiger partial charge < -0.3 is 4.74 Å². The van der Waals surface area contributed by atoms with Crippen molar-refractivity contribution < 1.29 is 35.5 Å². The third-order valence-electron chi connectivity index (χ3n) is 11.5. The van der Waals surface area contributed by atoms with Crippen LogP contribution in [0.4, 0.5) is 30.7 Å². The van der Waals surface area contributed by atoms with Crippen LogP contribution in [0.25, 0.3) is 11.1 Å². The first-order valence-corrected chi connectivity index (χ1v) is 19.3. The molecule has 2 fully saturated rings. The van der Waals surface area contributed by atoms with Crippen LogP contribution in [0, 0.1) is 46.8 Å². The lowest BCUT2D eigenvalue weighted by Crippen LogP contribution is -2.25. The van der Waals surface area contributed by atoms with Crippen LogP contribution >= 0.6 is 0 Å². The molecule has 2 aliphatic rings. The molecule has 0 aromatic heterocycles. The van der Waals surface area contributed by atoms with Gasteiger partial charge in [-0.1, -0.05) is 90.2 Å². The van der Waals surface area contributed by atoms with Gasteiger partial charge in [0, 0.05) is 23.3 Å². The molecule has 51 heavy (non-hydrogen) atoms. The van der Waals surface area contributed by atoms with E-state index >= 15 is 22.0 Å². The van der Waals surface area contributed by atoms with E-state index in [0.717, 1.165) is 55.9 Å². The van der Waals surface area contributed by atoms with Gasteiger partial charge in [-0.2, -0.15) is 8.78 Å². The largest absolute Gasteiger partial charge is 0.432 e. The van der Waals surface area contributed by atoms with Crippen molar-refractivity contribution in [1.82, 2.24) is 0 Å². The molecule has 2 saturated carbocycles. The molecule has 0 N–H and O–H groups in total. The molecule has 0 spiro atoms. The number of hydrogen-bond acceptors (Lipinski definition) is 1. The summed E-state index contributed by atoms with van der Waals surface area (Å²) < 4.78 is 109. The number of benzene rings is 3. The number of halogens is 7. The van der Waals surface area contributed by atoms with Crippen molar-refractivity contribution in [3.63, 3.8) is 0 Å². The zero-order chi connectivity index (χ0) is 36.5. The molecule has 2 aliphatic carbocycles. The molecular formula is C43H53F7O. The molecule has 0 bridgehead atoms. The maximum Gasteiger partial charge on any atom is 0.432 e. The summed E-state index contributed by atoms with van der Waals surface area (Å²) in [6.07, 6.45) is 15.0. The smallest absolute Gasteiger partial charge is 0.429 e. The van der Waals surface area contributed by atoms with Gasteiger partial charge in [0.25, 0.3) is 0 Å². The van der Waals surface area contributed by atoms with E-state index in [2.05, 4.69) is 11.7 Å². The fourth-order valence-corrected chi connectivity index (χ4v) is 8.56. The second-order valence-electron chi connectivity index (χ2n) is 15.1. The zero-order valence-electron chi connectivity index (χ0n) is 30.1. The highest BCUT2D eigenvalue weighted by Crippen LogP contribution is 2.45. The van der Waals surface area contributed by atoms with Gasteiger partial charge in [-0.25, -0.2) is 22.0 Å². The van der Waals surface area contributed by atoms with Crippen molar-refractivity contribution in [2.75, 3.05) is 0 Å². The SMILES string of the molecule is CCCCCCCC1CCC(C2CCC(c3ccc(-c4cc(F)c(C(F)(F)Oc5cc(F)c(CCCCC)c(F)c5)c(F)c4)c(F)c3)CC2)CC1. The quantitative estimate of drug-likeness (QED) is 0.106. The van der Waals surface area contributed by atoms with E-state index in [1.807, 2.05) is 6.92 Å². The van der Waals surface area contributed by atoms with Gasteiger partial charge in [-0.05, 0) is 104 Å². The summed E-state index contributed by atoms with van der Waals surface area (Å²) in [5.41, 5.74) is -1.54. The van der Waals surface area contributed by atoms with Gasteiger partial charge in [0.15, 0.2) is 0 Å². The Hall–Kier alpha value is -3.03. The van der Waals surface area contributed by atoms with Gasteiger partial charge in [0.1, 0.15) is 40.4 Å². The van der Waals surface area contributed by atoms with Crippen molar-refractivity contribution in [2.24, 2.45) is 17.8 Å². The topological polar surface area (TPSA) is 9.23 Å². The molecule has 0 aliphatic heterocycles. The highest BCUT2D eigenvalue weighted by molar-refractivity contribution is 5.65. The van der Waals surface area contributed by atoms with E-state index in [-0.39, 0.29) is 29.0 Å². The average molecular weight is 719 g/mol. The fraction of sp³-hybridized carbons (Fsp3) is 0.581. The summed E-state index contributed by atoms with van der Waals surface area (Å²) in [4.78, 5) is 0. The Kier molecular flexibility index (Phi) is 13.9. The molecule has 0 radical (unpaired) electrons. The standard InChI is InChI=1S/C43H53F7O/c1-3-5-7-8-10-11-28-13-15-29(16-14-28)30-17-19-31(20-18-30)32-21-22-35(37(44)23-32)33-24-40(47)42(41(48)25-33)43(49,50)51-34-26-38(45)36(39(46)27-34)12-9-6-4-2/h21-31H,3-20H2,1-2H3. The van der Waals surface area contributed by atoms with Crippen LogP contribution in [-0.2, 0) is 12.5 Å². The maximum atomic E-state index is 15.4. The Morgan fingerprint density at radius 1 is 0.608 bits per heavy atom. The highest BCUT2D eigenvalue weighted by atomic mass is 19.3. The van der Waals surface area contributed by atoms with Crippen LogP contribution in [-0.4, -0.2) is 0 Å². The van der Waals surface area contributed by atoms with E-state index in [9.17, 15) is 8.78 Å². The molecule has 0 unspecified atom stereocenters. The summed E-state index contributed by atoms with van der Waals surface area (Å²) in [5, 5.41) is 0. The Labute approximate surface area is 299 Å². The van der Waals surface area contributed by atoms with Crippen LogP contribution < -0.4 is 4.74 Å². The monoisotopic (exact) mass is 718 g/mol. The normalized spacial score (nSPS) is 21.2. The van der Waals surface area contributed by atoms with E-state index in [1.165, 1.54) is 76.3 Å². The predicted octanol–water partition coefficient (Wildman–Crippen LogP) is 14.4. The Morgan fingerprint density at radius 2 is 1.18 bits per heavy atom. The number of hydrogen-bond donors (Lipinski definition) is 0. The number of unbranched alkanes of at least 4 members (excludes halogenated alkanes) is 6. The van der Waals surface area contributed by atoms with E-state index in [4.69, 9.17) is 0 Å². The van der Waals surface area contributed by atoms with Crippen molar-refractivity contribution in [3.05, 3.63) is 88.2 Å². The van der Waals surface area contributed by atoms with E-state index in [0.29, 0.717) is 36.6 Å². The van der Waals surface area contributed by atoms with Gasteiger partial charge in [0.2, 0.25) is 0 Å². The molecular weight excluding hydrogens is 665 g/mol. The molecule has 3 aromatic carbocycles. The molecule has 0 amide bonds. The van der Waals surface area contributed by atoms with E-state index in [1.54, 1.807) is 6.07 Å². The van der Waals surface area contributed by atoms with Crippen LogP contribution in [0.2, 0.25) is 0 Å². The fourth-order valence-electron chi connectivity index (χ4n) is 8.56. The maximum absolute atomic E-state index is 15.4. The van der Waals surface area contributed by atoms with Crippen LogP contribution in [0.5, 0.6) is 5.75 Å². The third-order valence-corrected chi connectivity index (χ3v) is 11.5. The number of alkyl halides is 2. The summed E-state index contributed by atoms with van der Waals surface area (Å²) in [6, 6.07) is 6.99. The molecule has 5 rings (SSSR count). The van der Waals surface area contributed by atoms with Gasteiger partial charge >= 0.3 is 6.11 Å². The van der Waals surface area contributed by atoms with Crippen molar-refractivity contribution >= 4 is 0 Å².